The van der Waals surface area contributed by atoms with Crippen molar-refractivity contribution in [3.8, 4) is 0 Å². The molecule has 0 amide bonds. The van der Waals surface area contributed by atoms with Crippen molar-refractivity contribution in [2.75, 3.05) is 33.7 Å². The van der Waals surface area contributed by atoms with E-state index in [4.69, 9.17) is 0 Å². The fourth-order valence-electron chi connectivity index (χ4n) is 2.01. The molecule has 5 heteroatoms. The van der Waals surface area contributed by atoms with Crippen LogP contribution in [0, 0.1) is 0 Å². The lowest BCUT2D eigenvalue weighted by Gasteiger charge is -2.16. The lowest BCUT2D eigenvalue weighted by molar-refractivity contribution is 0.413. The summed E-state index contributed by atoms with van der Waals surface area (Å²) >= 11 is 0. The number of likely N-dealkylation sites (N-methyl/N-ethyl adjacent to an activating group) is 1. The Bertz CT molecular complexity index is 414. The largest absolute Gasteiger partial charge is 0.356 e. The minimum atomic E-state index is 0. The van der Waals surface area contributed by atoms with E-state index in [-0.39, 0.29) is 24.0 Å². The van der Waals surface area contributed by atoms with Crippen LogP contribution in [0.15, 0.2) is 29.3 Å². The number of halogens is 1. The zero-order valence-corrected chi connectivity index (χ0v) is 14.7. The molecule has 0 radical (unpaired) electrons. The number of rotatable bonds is 5. The third-order valence-electron chi connectivity index (χ3n) is 3.23. The van der Waals surface area contributed by atoms with Crippen LogP contribution in [0.1, 0.15) is 17.5 Å². The highest BCUT2D eigenvalue weighted by Gasteiger charge is 2.03. The van der Waals surface area contributed by atoms with Crippen molar-refractivity contribution in [2.24, 2.45) is 4.99 Å². The highest BCUT2D eigenvalue weighted by atomic mass is 127. The summed E-state index contributed by atoms with van der Waals surface area (Å²) in [6.07, 6.45) is 2.24. The predicted octanol–water partition coefficient (Wildman–Crippen LogP) is 1.85. The molecule has 1 aromatic rings. The number of guanidine groups is 1. The summed E-state index contributed by atoms with van der Waals surface area (Å²) in [5, 5.41) is 6.61. The minimum absolute atomic E-state index is 0. The van der Waals surface area contributed by atoms with Gasteiger partial charge in [-0.2, -0.15) is 0 Å². The van der Waals surface area contributed by atoms with Crippen LogP contribution >= 0.6 is 24.0 Å². The van der Waals surface area contributed by atoms with Crippen molar-refractivity contribution in [1.82, 2.24) is 15.5 Å². The van der Waals surface area contributed by atoms with Crippen molar-refractivity contribution in [2.45, 2.75) is 19.4 Å². The summed E-state index contributed by atoms with van der Waals surface area (Å²) in [7, 11) is 4.21. The number of aliphatic imine (C=N–C) groups is 1. The molecule has 1 aromatic carbocycles. The van der Waals surface area contributed by atoms with E-state index < -0.39 is 0 Å². The summed E-state index contributed by atoms with van der Waals surface area (Å²) in [6, 6.07) is 8.83. The minimum Gasteiger partial charge on any atom is -0.356 e. The molecule has 4 nitrogen and oxygen atoms in total. The number of nitrogens with one attached hydrogen (secondary N) is 2. The van der Waals surface area contributed by atoms with Gasteiger partial charge in [-0.3, -0.25) is 4.99 Å². The molecule has 0 spiro atoms. The van der Waals surface area contributed by atoms with Gasteiger partial charge in [-0.05, 0) is 38.1 Å². The number of nitrogens with zero attached hydrogens (tertiary/aromatic N) is 2. The number of hydrogen-bond donors (Lipinski definition) is 2. The second-order valence-corrected chi connectivity index (χ2v) is 5.23. The third kappa shape index (κ3) is 6.09. The van der Waals surface area contributed by atoms with Gasteiger partial charge in [0.2, 0.25) is 0 Å². The van der Waals surface area contributed by atoms with Gasteiger partial charge in [0.15, 0.2) is 5.96 Å². The molecule has 2 rings (SSSR count). The van der Waals surface area contributed by atoms with Crippen LogP contribution in [-0.2, 0) is 13.0 Å². The standard InChI is InChI=1S/C15H24N4.HI/c1-19(2)11-8-13-4-6-14(7-5-13)12-18-15-16-9-3-10-17-15;/h4-7H,3,8-12H2,1-2H3,(H2,16,17,18);1H. The zero-order chi connectivity index (χ0) is 13.5. The first-order valence-electron chi connectivity index (χ1n) is 6.99. The predicted molar refractivity (Wildman–Crippen MR) is 95.9 cm³/mol. The van der Waals surface area contributed by atoms with Crippen LogP contribution < -0.4 is 10.6 Å². The Morgan fingerprint density at radius 3 is 2.50 bits per heavy atom. The van der Waals surface area contributed by atoms with E-state index in [0.29, 0.717) is 0 Å². The van der Waals surface area contributed by atoms with Gasteiger partial charge in [0.05, 0.1) is 0 Å². The van der Waals surface area contributed by atoms with E-state index in [0.717, 1.165) is 45.0 Å². The highest BCUT2D eigenvalue weighted by Crippen LogP contribution is 2.05. The highest BCUT2D eigenvalue weighted by molar-refractivity contribution is 14.0. The molecule has 0 bridgehead atoms. The Balaban J connectivity index is 0.00000200. The molecule has 1 heterocycles. The molecule has 0 saturated carbocycles. The van der Waals surface area contributed by atoms with Crippen molar-refractivity contribution >= 4 is 29.9 Å². The summed E-state index contributed by atoms with van der Waals surface area (Å²) in [4.78, 5) is 6.61. The Morgan fingerprint density at radius 1 is 1.20 bits per heavy atom. The first-order valence-corrected chi connectivity index (χ1v) is 6.99. The van der Waals surface area contributed by atoms with Crippen LogP contribution in [0.4, 0.5) is 0 Å². The Hall–Kier alpha value is -0.820. The maximum absolute atomic E-state index is 4.40. The first kappa shape index (κ1) is 17.2. The average Bonchev–Trinajstić information content (AvgIpc) is 2.45. The Kier molecular flexibility index (Phi) is 7.91. The quantitative estimate of drug-likeness (QED) is 0.757. The van der Waals surface area contributed by atoms with Crippen molar-refractivity contribution in [3.05, 3.63) is 35.4 Å². The molecule has 2 N–H and O–H groups in total. The lowest BCUT2D eigenvalue weighted by Crippen LogP contribution is -2.40. The summed E-state index contributed by atoms with van der Waals surface area (Å²) < 4.78 is 0. The maximum Gasteiger partial charge on any atom is 0.191 e. The second kappa shape index (κ2) is 9.18. The maximum atomic E-state index is 4.40. The van der Waals surface area contributed by atoms with E-state index in [2.05, 4.69) is 58.9 Å². The van der Waals surface area contributed by atoms with E-state index in [1.165, 1.54) is 11.1 Å². The Labute approximate surface area is 139 Å². The van der Waals surface area contributed by atoms with E-state index >= 15 is 0 Å². The normalized spacial score (nSPS) is 14.2. The van der Waals surface area contributed by atoms with Gasteiger partial charge in [-0.1, -0.05) is 24.3 Å². The van der Waals surface area contributed by atoms with Crippen LogP contribution in [0.25, 0.3) is 0 Å². The van der Waals surface area contributed by atoms with Gasteiger partial charge in [-0.15, -0.1) is 24.0 Å². The van der Waals surface area contributed by atoms with E-state index in [9.17, 15) is 0 Å². The zero-order valence-electron chi connectivity index (χ0n) is 12.4. The molecular weight excluding hydrogens is 363 g/mol. The fourth-order valence-corrected chi connectivity index (χ4v) is 2.01. The van der Waals surface area contributed by atoms with Gasteiger partial charge in [0.25, 0.3) is 0 Å². The second-order valence-electron chi connectivity index (χ2n) is 5.23. The number of hydrogen-bond acceptors (Lipinski definition) is 4. The van der Waals surface area contributed by atoms with Crippen molar-refractivity contribution < 1.29 is 0 Å². The summed E-state index contributed by atoms with van der Waals surface area (Å²) in [5.41, 5.74) is 2.69. The third-order valence-corrected chi connectivity index (χ3v) is 3.23. The van der Waals surface area contributed by atoms with Gasteiger partial charge >= 0.3 is 0 Å². The Morgan fingerprint density at radius 2 is 1.90 bits per heavy atom. The van der Waals surface area contributed by atoms with Crippen LogP contribution in [-0.4, -0.2) is 44.6 Å². The molecule has 0 aliphatic carbocycles. The van der Waals surface area contributed by atoms with Crippen molar-refractivity contribution in [1.29, 1.82) is 0 Å². The monoisotopic (exact) mass is 388 g/mol. The molecule has 20 heavy (non-hydrogen) atoms. The topological polar surface area (TPSA) is 39.7 Å². The van der Waals surface area contributed by atoms with Crippen LogP contribution in [0.3, 0.4) is 0 Å². The molecule has 1 aliphatic heterocycles. The fraction of sp³-hybridized carbons (Fsp3) is 0.533. The number of benzene rings is 1. The molecule has 112 valence electrons. The van der Waals surface area contributed by atoms with Gasteiger partial charge in [0, 0.05) is 26.2 Å². The molecule has 0 saturated heterocycles. The van der Waals surface area contributed by atoms with Gasteiger partial charge in [-0.25, -0.2) is 0 Å². The molecule has 1 aliphatic rings. The van der Waals surface area contributed by atoms with Crippen LogP contribution in [0.5, 0.6) is 0 Å². The summed E-state index contributed by atoms with van der Waals surface area (Å²) in [6.45, 7) is 3.88. The molecule has 0 atom stereocenters. The molecule has 0 unspecified atom stereocenters. The molecule has 0 aromatic heterocycles. The SMILES string of the molecule is CN(C)CCc1ccc(CNC2=NCCCN2)cc1.I. The first-order chi connectivity index (χ1) is 9.24. The van der Waals surface area contributed by atoms with E-state index in [1.807, 2.05) is 0 Å². The summed E-state index contributed by atoms with van der Waals surface area (Å²) in [5.74, 6) is 0.933. The molecule has 0 fully saturated rings. The van der Waals surface area contributed by atoms with Crippen molar-refractivity contribution in [3.63, 3.8) is 0 Å². The van der Waals surface area contributed by atoms with E-state index in [1.54, 1.807) is 0 Å². The van der Waals surface area contributed by atoms with Crippen LogP contribution in [0.2, 0.25) is 0 Å². The molecular formula is C15H25IN4. The van der Waals surface area contributed by atoms with Gasteiger partial charge in [0.1, 0.15) is 0 Å². The lowest BCUT2D eigenvalue weighted by atomic mass is 10.1. The van der Waals surface area contributed by atoms with Gasteiger partial charge < -0.3 is 15.5 Å². The smallest absolute Gasteiger partial charge is 0.191 e. The average molecular weight is 388 g/mol.